The molecule has 4 heteroatoms. The zero-order valence-electron chi connectivity index (χ0n) is 16.1. The lowest BCUT2D eigenvalue weighted by Crippen LogP contribution is -2.44. The fraction of sp³-hybridized carbons (Fsp3) is 0.409. The van der Waals surface area contributed by atoms with E-state index < -0.39 is 6.10 Å². The molecule has 0 aliphatic heterocycles. The number of carbonyl (C=O) groups is 1. The largest absolute Gasteiger partial charge is 0.491 e. The minimum Gasteiger partial charge on any atom is -0.491 e. The Balaban J connectivity index is 1.83. The number of aryl methyl sites for hydroxylation is 2. The molecular formula is C22H29NO3. The maximum atomic E-state index is 12.5. The van der Waals surface area contributed by atoms with Gasteiger partial charge >= 0.3 is 0 Å². The van der Waals surface area contributed by atoms with Gasteiger partial charge in [0.15, 0.2) is 6.10 Å². The van der Waals surface area contributed by atoms with Crippen molar-refractivity contribution in [3.8, 4) is 11.5 Å². The first-order valence-electron chi connectivity index (χ1n) is 9.27. The Morgan fingerprint density at radius 3 is 2.19 bits per heavy atom. The third-order valence-electron chi connectivity index (χ3n) is 4.18. The summed E-state index contributed by atoms with van der Waals surface area (Å²) < 4.78 is 11.6. The molecule has 4 nitrogen and oxygen atoms in total. The minimum absolute atomic E-state index is 0.107. The SMILES string of the molecule is CCc1ccc(O[C@@H](CC)C(=O)N[C@H](C)COc2ccc(C)cc2)cc1. The average molecular weight is 355 g/mol. The number of carbonyl (C=O) groups excluding carboxylic acids is 1. The molecule has 0 aliphatic rings. The summed E-state index contributed by atoms with van der Waals surface area (Å²) in [6, 6.07) is 15.6. The summed E-state index contributed by atoms with van der Waals surface area (Å²) in [6.07, 6.45) is 1.08. The van der Waals surface area contributed by atoms with Crippen molar-refractivity contribution >= 4 is 5.91 Å². The number of rotatable bonds is 9. The van der Waals surface area contributed by atoms with Gasteiger partial charge < -0.3 is 14.8 Å². The normalized spacial score (nSPS) is 12.9. The van der Waals surface area contributed by atoms with E-state index in [1.807, 2.05) is 69.3 Å². The van der Waals surface area contributed by atoms with Crippen molar-refractivity contribution in [1.82, 2.24) is 5.32 Å². The lowest BCUT2D eigenvalue weighted by atomic mass is 10.1. The fourth-order valence-corrected chi connectivity index (χ4v) is 2.52. The number of ether oxygens (including phenoxy) is 2. The molecule has 1 amide bonds. The Kier molecular flexibility index (Phi) is 7.52. The van der Waals surface area contributed by atoms with Crippen LogP contribution in [0.5, 0.6) is 11.5 Å². The second-order valence-corrected chi connectivity index (χ2v) is 6.55. The molecule has 0 bridgehead atoms. The number of amides is 1. The van der Waals surface area contributed by atoms with Crippen LogP contribution < -0.4 is 14.8 Å². The quantitative estimate of drug-likeness (QED) is 0.729. The molecule has 0 fully saturated rings. The van der Waals surface area contributed by atoms with Gasteiger partial charge in [-0.15, -0.1) is 0 Å². The van der Waals surface area contributed by atoms with Crippen molar-refractivity contribution in [3.05, 3.63) is 59.7 Å². The fourth-order valence-electron chi connectivity index (χ4n) is 2.52. The third kappa shape index (κ3) is 6.10. The highest BCUT2D eigenvalue weighted by Crippen LogP contribution is 2.16. The van der Waals surface area contributed by atoms with Gasteiger partial charge in [0.1, 0.15) is 18.1 Å². The molecule has 2 aromatic rings. The van der Waals surface area contributed by atoms with Crippen LogP contribution in [0.1, 0.15) is 38.3 Å². The predicted octanol–water partition coefficient (Wildman–Crippen LogP) is 4.30. The monoisotopic (exact) mass is 355 g/mol. The third-order valence-corrected chi connectivity index (χ3v) is 4.18. The van der Waals surface area contributed by atoms with Crippen LogP contribution in [0.15, 0.2) is 48.5 Å². The van der Waals surface area contributed by atoms with Crippen LogP contribution in [0, 0.1) is 6.92 Å². The average Bonchev–Trinajstić information content (AvgIpc) is 2.66. The van der Waals surface area contributed by atoms with Crippen LogP contribution in [-0.2, 0) is 11.2 Å². The molecule has 0 aromatic heterocycles. The van der Waals surface area contributed by atoms with Crippen LogP contribution in [0.4, 0.5) is 0 Å². The van der Waals surface area contributed by atoms with Crippen LogP contribution >= 0.6 is 0 Å². The van der Waals surface area contributed by atoms with E-state index in [2.05, 4.69) is 12.2 Å². The summed E-state index contributed by atoms with van der Waals surface area (Å²) in [5.41, 5.74) is 2.44. The maximum Gasteiger partial charge on any atom is 0.261 e. The van der Waals surface area contributed by atoms with Gasteiger partial charge in [0.25, 0.3) is 5.91 Å². The highest BCUT2D eigenvalue weighted by atomic mass is 16.5. The molecule has 0 spiro atoms. The second-order valence-electron chi connectivity index (χ2n) is 6.55. The number of hydrogen-bond acceptors (Lipinski definition) is 3. The molecule has 1 N–H and O–H groups in total. The summed E-state index contributed by atoms with van der Waals surface area (Å²) in [7, 11) is 0. The molecule has 26 heavy (non-hydrogen) atoms. The van der Waals surface area contributed by atoms with E-state index >= 15 is 0 Å². The zero-order valence-corrected chi connectivity index (χ0v) is 16.1. The van der Waals surface area contributed by atoms with Crippen molar-refractivity contribution < 1.29 is 14.3 Å². The van der Waals surface area contributed by atoms with Crippen molar-refractivity contribution in [1.29, 1.82) is 0 Å². The molecule has 0 saturated heterocycles. The van der Waals surface area contributed by atoms with Crippen molar-refractivity contribution in [2.24, 2.45) is 0 Å². The first-order chi connectivity index (χ1) is 12.5. The van der Waals surface area contributed by atoms with E-state index in [-0.39, 0.29) is 11.9 Å². The Bertz CT molecular complexity index is 680. The van der Waals surface area contributed by atoms with Crippen molar-refractivity contribution in [2.45, 2.75) is 52.7 Å². The highest BCUT2D eigenvalue weighted by Gasteiger charge is 2.20. The first-order valence-corrected chi connectivity index (χ1v) is 9.27. The molecule has 2 atom stereocenters. The lowest BCUT2D eigenvalue weighted by molar-refractivity contribution is -0.128. The summed E-state index contributed by atoms with van der Waals surface area (Å²) in [4.78, 5) is 12.5. The van der Waals surface area contributed by atoms with E-state index in [0.717, 1.165) is 12.2 Å². The molecule has 2 rings (SSSR count). The number of hydrogen-bond donors (Lipinski definition) is 1. The van der Waals surface area contributed by atoms with Crippen molar-refractivity contribution in [3.63, 3.8) is 0 Å². The van der Waals surface area contributed by atoms with E-state index in [1.165, 1.54) is 11.1 Å². The second kappa shape index (κ2) is 9.85. The summed E-state index contributed by atoms with van der Waals surface area (Å²) >= 11 is 0. The summed E-state index contributed by atoms with van der Waals surface area (Å²) in [5.74, 6) is 1.40. The van der Waals surface area contributed by atoms with Gasteiger partial charge in [-0.25, -0.2) is 0 Å². The molecule has 140 valence electrons. The Morgan fingerprint density at radius 1 is 1.00 bits per heavy atom. The van der Waals surface area contributed by atoms with Crippen LogP contribution in [0.3, 0.4) is 0 Å². The summed E-state index contributed by atoms with van der Waals surface area (Å²) in [6.45, 7) is 8.43. The molecule has 0 radical (unpaired) electrons. The Labute approximate surface area is 156 Å². The Morgan fingerprint density at radius 2 is 1.62 bits per heavy atom. The van der Waals surface area contributed by atoms with Crippen molar-refractivity contribution in [2.75, 3.05) is 6.61 Å². The molecule has 2 aromatic carbocycles. The molecule has 0 aliphatic carbocycles. The predicted molar refractivity (Wildman–Crippen MR) is 105 cm³/mol. The van der Waals surface area contributed by atoms with Gasteiger partial charge in [-0.2, -0.15) is 0 Å². The van der Waals surface area contributed by atoms with Gasteiger partial charge in [0.2, 0.25) is 0 Å². The van der Waals surface area contributed by atoms with Gasteiger partial charge in [-0.05, 0) is 56.5 Å². The minimum atomic E-state index is -0.510. The van der Waals surface area contributed by atoms with Gasteiger partial charge in [-0.3, -0.25) is 4.79 Å². The molecule has 0 saturated carbocycles. The van der Waals surface area contributed by atoms with Crippen LogP contribution in [0.2, 0.25) is 0 Å². The van der Waals surface area contributed by atoms with Gasteiger partial charge in [-0.1, -0.05) is 43.7 Å². The summed E-state index contributed by atoms with van der Waals surface area (Å²) in [5, 5.41) is 2.97. The first kappa shape index (κ1) is 19.8. The van der Waals surface area contributed by atoms with Crippen LogP contribution in [-0.4, -0.2) is 24.7 Å². The standard InChI is InChI=1S/C22H29NO3/c1-5-18-9-13-20(14-10-18)26-21(6-2)22(24)23-17(4)15-25-19-11-7-16(3)8-12-19/h7-14,17,21H,5-6,15H2,1-4H3,(H,23,24)/t17-,21+/m1/s1. The molecule has 0 unspecified atom stereocenters. The van der Waals surface area contributed by atoms with Crippen LogP contribution in [0.25, 0.3) is 0 Å². The number of nitrogens with one attached hydrogen (secondary N) is 1. The topological polar surface area (TPSA) is 47.6 Å². The maximum absolute atomic E-state index is 12.5. The zero-order chi connectivity index (χ0) is 18.9. The lowest BCUT2D eigenvalue weighted by Gasteiger charge is -2.21. The number of benzene rings is 2. The highest BCUT2D eigenvalue weighted by molar-refractivity contribution is 5.81. The van der Waals surface area contributed by atoms with E-state index in [4.69, 9.17) is 9.47 Å². The van der Waals surface area contributed by atoms with E-state index in [1.54, 1.807) is 0 Å². The molecular weight excluding hydrogens is 326 g/mol. The van der Waals surface area contributed by atoms with E-state index in [0.29, 0.717) is 18.8 Å². The smallest absolute Gasteiger partial charge is 0.261 e. The van der Waals surface area contributed by atoms with Gasteiger partial charge in [0.05, 0.1) is 6.04 Å². The Hall–Kier alpha value is -2.49. The van der Waals surface area contributed by atoms with E-state index in [9.17, 15) is 4.79 Å². The molecule has 0 heterocycles. The van der Waals surface area contributed by atoms with Gasteiger partial charge in [0, 0.05) is 0 Å².